The molecule has 0 unspecified atom stereocenters. The molecular weight excluding hydrogens is 425 g/mol. The van der Waals surface area contributed by atoms with Gasteiger partial charge in [-0.1, -0.05) is 0 Å². The summed E-state index contributed by atoms with van der Waals surface area (Å²) in [6, 6.07) is 8.38. The topological polar surface area (TPSA) is 105 Å². The van der Waals surface area contributed by atoms with E-state index in [1.165, 1.54) is 40.7 Å². The Balaban J connectivity index is 1.50. The van der Waals surface area contributed by atoms with Gasteiger partial charge in [-0.3, -0.25) is 9.59 Å². The summed E-state index contributed by atoms with van der Waals surface area (Å²) in [5, 5.41) is 5.37. The standard InChI is InChI=1S/C21H22FN3O5S/c1-13-9-15(22)4-6-17(13)24-21(27)14-3-2-8-25(11-14)31(28,29)16-5-7-19-18(10-16)23-20(26)12-30-19/h4-7,9-10,14H,2-3,8,11-12H2,1H3,(H,23,26)(H,24,27)/t14-/m1/s1. The number of ether oxygens (including phenoxy) is 1. The highest BCUT2D eigenvalue weighted by atomic mass is 32.2. The third-order valence-corrected chi connectivity index (χ3v) is 7.28. The molecule has 1 atom stereocenters. The maximum Gasteiger partial charge on any atom is 0.262 e. The Morgan fingerprint density at radius 1 is 1.26 bits per heavy atom. The molecule has 0 aliphatic carbocycles. The number of fused-ring (bicyclic) bond motifs is 1. The smallest absolute Gasteiger partial charge is 0.262 e. The van der Waals surface area contributed by atoms with Crippen LogP contribution in [0.4, 0.5) is 15.8 Å². The van der Waals surface area contributed by atoms with Crippen molar-refractivity contribution in [3.63, 3.8) is 0 Å². The van der Waals surface area contributed by atoms with E-state index in [4.69, 9.17) is 4.74 Å². The Bertz CT molecular complexity index is 1150. The second kappa shape index (κ2) is 8.27. The second-order valence-electron chi connectivity index (χ2n) is 7.65. The van der Waals surface area contributed by atoms with Gasteiger partial charge in [0.15, 0.2) is 6.61 Å². The Morgan fingerprint density at radius 3 is 2.84 bits per heavy atom. The normalized spacial score (nSPS) is 19.2. The number of hydrogen-bond donors (Lipinski definition) is 2. The number of halogens is 1. The zero-order valence-corrected chi connectivity index (χ0v) is 17.7. The average Bonchev–Trinajstić information content (AvgIpc) is 2.75. The minimum Gasteiger partial charge on any atom is -0.482 e. The van der Waals surface area contributed by atoms with Crippen molar-refractivity contribution in [2.75, 3.05) is 30.3 Å². The molecule has 10 heteroatoms. The molecule has 0 bridgehead atoms. The van der Waals surface area contributed by atoms with Crippen molar-refractivity contribution >= 4 is 33.2 Å². The number of rotatable bonds is 4. The van der Waals surface area contributed by atoms with E-state index in [2.05, 4.69) is 10.6 Å². The molecule has 2 aliphatic heterocycles. The van der Waals surface area contributed by atoms with Gasteiger partial charge in [0.1, 0.15) is 11.6 Å². The molecule has 2 N–H and O–H groups in total. The fourth-order valence-corrected chi connectivity index (χ4v) is 5.30. The van der Waals surface area contributed by atoms with Crippen LogP contribution in [0.2, 0.25) is 0 Å². The second-order valence-corrected chi connectivity index (χ2v) is 9.58. The van der Waals surface area contributed by atoms with Crippen molar-refractivity contribution in [1.29, 1.82) is 0 Å². The molecule has 0 aromatic heterocycles. The number of nitrogens with zero attached hydrogens (tertiary/aromatic N) is 1. The minimum absolute atomic E-state index is 0.0208. The summed E-state index contributed by atoms with van der Waals surface area (Å²) >= 11 is 0. The third-order valence-electron chi connectivity index (χ3n) is 5.42. The summed E-state index contributed by atoms with van der Waals surface area (Å²) in [7, 11) is -3.87. The van der Waals surface area contributed by atoms with Crippen molar-refractivity contribution in [2.24, 2.45) is 5.92 Å². The first-order valence-electron chi connectivity index (χ1n) is 9.88. The number of anilines is 2. The number of amides is 2. The fraction of sp³-hybridized carbons (Fsp3) is 0.333. The predicted octanol–water partition coefficient (Wildman–Crippen LogP) is 2.50. The number of nitrogens with one attached hydrogen (secondary N) is 2. The lowest BCUT2D eigenvalue weighted by Gasteiger charge is -2.31. The molecule has 164 valence electrons. The monoisotopic (exact) mass is 447 g/mol. The summed E-state index contributed by atoms with van der Waals surface area (Å²) < 4.78 is 46.2. The van der Waals surface area contributed by atoms with Crippen molar-refractivity contribution < 1.29 is 27.1 Å². The molecule has 2 heterocycles. The molecule has 2 aromatic rings. The van der Waals surface area contributed by atoms with Gasteiger partial charge in [0, 0.05) is 18.8 Å². The average molecular weight is 447 g/mol. The van der Waals surface area contributed by atoms with E-state index in [-0.39, 0.29) is 29.9 Å². The van der Waals surface area contributed by atoms with Crippen molar-refractivity contribution in [1.82, 2.24) is 4.31 Å². The fourth-order valence-electron chi connectivity index (χ4n) is 3.75. The summed E-state index contributed by atoms with van der Waals surface area (Å²) in [5.74, 6) is -1.18. The molecule has 2 amide bonds. The van der Waals surface area contributed by atoms with Crippen LogP contribution in [0.5, 0.6) is 5.75 Å². The Kier molecular flexibility index (Phi) is 5.67. The van der Waals surface area contributed by atoms with Crippen LogP contribution in [0.15, 0.2) is 41.3 Å². The van der Waals surface area contributed by atoms with Gasteiger partial charge in [0.25, 0.3) is 5.91 Å². The third kappa shape index (κ3) is 4.40. The number of piperidine rings is 1. The van der Waals surface area contributed by atoms with Crippen LogP contribution >= 0.6 is 0 Å². The maximum absolute atomic E-state index is 13.3. The Labute approximate surface area is 179 Å². The molecule has 4 rings (SSSR count). The van der Waals surface area contributed by atoms with Crippen LogP contribution in [0.1, 0.15) is 18.4 Å². The molecule has 0 radical (unpaired) electrons. The highest BCUT2D eigenvalue weighted by molar-refractivity contribution is 7.89. The largest absolute Gasteiger partial charge is 0.482 e. The highest BCUT2D eigenvalue weighted by Gasteiger charge is 2.34. The van der Waals surface area contributed by atoms with Gasteiger partial charge in [-0.05, 0) is 61.7 Å². The molecule has 8 nitrogen and oxygen atoms in total. The number of carbonyl (C=O) groups is 2. The van der Waals surface area contributed by atoms with Gasteiger partial charge >= 0.3 is 0 Å². The summed E-state index contributed by atoms with van der Waals surface area (Å²) in [4.78, 5) is 24.3. The molecule has 31 heavy (non-hydrogen) atoms. The van der Waals surface area contributed by atoms with Crippen molar-refractivity contribution in [3.8, 4) is 5.75 Å². The summed E-state index contributed by atoms with van der Waals surface area (Å²) in [5.41, 5.74) is 1.39. The first-order chi connectivity index (χ1) is 14.7. The molecule has 2 aliphatic rings. The Morgan fingerprint density at radius 2 is 2.06 bits per heavy atom. The molecule has 1 fully saturated rings. The molecule has 2 aromatic carbocycles. The van der Waals surface area contributed by atoms with Gasteiger partial charge in [-0.15, -0.1) is 0 Å². The first-order valence-corrected chi connectivity index (χ1v) is 11.3. The van der Waals surface area contributed by atoms with E-state index in [1.54, 1.807) is 6.92 Å². The SMILES string of the molecule is Cc1cc(F)ccc1NC(=O)[C@@H]1CCCN(S(=O)(=O)c2ccc3c(c2)NC(=O)CO3)C1. The molecular formula is C21H22FN3O5S. The van der Waals surface area contributed by atoms with E-state index in [0.29, 0.717) is 42.1 Å². The lowest BCUT2D eigenvalue weighted by molar-refractivity contribution is -0.121. The van der Waals surface area contributed by atoms with Crippen LogP contribution in [0.3, 0.4) is 0 Å². The number of sulfonamides is 1. The number of aryl methyl sites for hydroxylation is 1. The number of hydrogen-bond acceptors (Lipinski definition) is 5. The quantitative estimate of drug-likeness (QED) is 0.749. The summed E-state index contributed by atoms with van der Waals surface area (Å²) in [6.07, 6.45) is 1.08. The van der Waals surface area contributed by atoms with Crippen molar-refractivity contribution in [3.05, 3.63) is 47.8 Å². The highest BCUT2D eigenvalue weighted by Crippen LogP contribution is 2.32. The van der Waals surface area contributed by atoms with Gasteiger partial charge in [-0.2, -0.15) is 4.31 Å². The lowest BCUT2D eigenvalue weighted by atomic mass is 9.98. The van der Waals surface area contributed by atoms with Crippen LogP contribution in [0.25, 0.3) is 0 Å². The maximum atomic E-state index is 13.3. The first kappa shape index (κ1) is 21.3. The summed E-state index contributed by atoms with van der Waals surface area (Å²) in [6.45, 7) is 1.90. The van der Waals surface area contributed by atoms with Gasteiger partial charge in [0.2, 0.25) is 15.9 Å². The minimum atomic E-state index is -3.87. The van der Waals surface area contributed by atoms with Gasteiger partial charge < -0.3 is 15.4 Å². The molecule has 1 saturated heterocycles. The molecule has 0 saturated carbocycles. The number of benzene rings is 2. The van der Waals surface area contributed by atoms with Crippen LogP contribution in [0, 0.1) is 18.7 Å². The lowest BCUT2D eigenvalue weighted by Crippen LogP contribution is -2.43. The zero-order chi connectivity index (χ0) is 22.2. The van der Waals surface area contributed by atoms with E-state index < -0.39 is 21.8 Å². The van der Waals surface area contributed by atoms with E-state index in [1.807, 2.05) is 0 Å². The van der Waals surface area contributed by atoms with Gasteiger partial charge in [0.05, 0.1) is 16.5 Å². The predicted molar refractivity (Wildman–Crippen MR) is 112 cm³/mol. The van der Waals surface area contributed by atoms with E-state index in [9.17, 15) is 22.4 Å². The van der Waals surface area contributed by atoms with Crippen LogP contribution < -0.4 is 15.4 Å². The van der Waals surface area contributed by atoms with Crippen molar-refractivity contribution in [2.45, 2.75) is 24.7 Å². The molecule has 0 spiro atoms. The van der Waals surface area contributed by atoms with Crippen LogP contribution in [-0.2, 0) is 19.6 Å². The Hall–Kier alpha value is -2.98. The number of carbonyl (C=O) groups excluding carboxylic acids is 2. The van der Waals surface area contributed by atoms with Gasteiger partial charge in [-0.25, -0.2) is 12.8 Å². The zero-order valence-electron chi connectivity index (χ0n) is 16.9. The van der Waals surface area contributed by atoms with E-state index >= 15 is 0 Å². The van der Waals surface area contributed by atoms with Crippen LogP contribution in [-0.4, -0.2) is 44.2 Å². The van der Waals surface area contributed by atoms with E-state index in [0.717, 1.165) is 0 Å².